The van der Waals surface area contributed by atoms with Gasteiger partial charge in [-0.1, -0.05) is 26.2 Å². The molecule has 46 heavy (non-hydrogen) atoms. The monoisotopic (exact) mass is 709 g/mol. The number of amides is 4. The molecule has 4 N–H and O–H groups in total. The molecule has 4 amide bonds. The minimum Gasteiger partial charge on any atom is -0.382 e. The van der Waals surface area contributed by atoms with Crippen LogP contribution in [0.15, 0.2) is 0 Å². The first-order chi connectivity index (χ1) is 22.2. The van der Waals surface area contributed by atoms with Gasteiger partial charge < -0.3 is 35.6 Å². The number of ether oxygens (including phenoxy) is 2. The van der Waals surface area contributed by atoms with Gasteiger partial charge in [0.25, 0.3) is 0 Å². The van der Waals surface area contributed by atoms with E-state index in [-0.39, 0.29) is 36.5 Å². The van der Waals surface area contributed by atoms with Gasteiger partial charge in [-0.15, -0.1) is 0 Å². The maximum absolute atomic E-state index is 12.4. The first-order valence-corrected chi connectivity index (χ1v) is 18.7. The standard InChI is InChI=1S/C32H63N5O6S3/c1-3-8-27(45)9-4-6-11-29(38)33-16-18-35-31(40)13-20-37(22-23-43-25-24-42-2)21-14-32(41)36-19-17-34-30(39)12-7-5-10-28(46)15-26-44/h27-28,44-46H,3-26H2,1-2H3,(H,33,38)(H,34,39)(H,35,40)(H,36,41). The SMILES string of the molecule is CCCC(S)CCCCC(=O)NCCNC(=O)CCN(CCOCCOC)CCC(=O)NCCNC(=O)CCCCC(S)CCS. The van der Waals surface area contributed by atoms with E-state index in [1.165, 1.54) is 0 Å². The molecule has 0 aliphatic carbocycles. The fourth-order valence-electron chi connectivity index (χ4n) is 4.56. The van der Waals surface area contributed by atoms with Gasteiger partial charge in [-0.3, -0.25) is 19.2 Å². The number of carbonyl (C=O) groups excluding carboxylic acids is 4. The van der Waals surface area contributed by atoms with E-state index in [2.05, 4.69) is 66.1 Å². The lowest BCUT2D eigenvalue weighted by molar-refractivity contribution is -0.123. The molecule has 270 valence electrons. The average molecular weight is 710 g/mol. The fourth-order valence-corrected chi connectivity index (χ4v) is 5.82. The van der Waals surface area contributed by atoms with Crippen LogP contribution >= 0.6 is 37.9 Å². The molecule has 0 aliphatic heterocycles. The number of methoxy groups -OCH3 is 1. The fraction of sp³-hybridized carbons (Fsp3) is 0.875. The van der Waals surface area contributed by atoms with Gasteiger partial charge in [0.15, 0.2) is 0 Å². The first kappa shape index (κ1) is 44.8. The van der Waals surface area contributed by atoms with E-state index < -0.39 is 0 Å². The third-order valence-corrected chi connectivity index (χ3v) is 8.59. The molecule has 0 saturated carbocycles. The summed E-state index contributed by atoms with van der Waals surface area (Å²) in [6.07, 6.45) is 10.3. The number of nitrogens with zero attached hydrogens (tertiary/aromatic N) is 1. The predicted octanol–water partition coefficient (Wildman–Crippen LogP) is 3.03. The summed E-state index contributed by atoms with van der Waals surface area (Å²) in [6.45, 7) is 6.60. The van der Waals surface area contributed by atoms with Crippen molar-refractivity contribution in [2.24, 2.45) is 0 Å². The molecule has 0 bridgehead atoms. The zero-order valence-corrected chi connectivity index (χ0v) is 31.0. The van der Waals surface area contributed by atoms with Crippen LogP contribution in [0.25, 0.3) is 0 Å². The number of hydrogen-bond acceptors (Lipinski definition) is 10. The minimum absolute atomic E-state index is 0.000916. The van der Waals surface area contributed by atoms with Crippen molar-refractivity contribution in [3.63, 3.8) is 0 Å². The highest BCUT2D eigenvalue weighted by Crippen LogP contribution is 2.14. The molecule has 11 nitrogen and oxygen atoms in total. The van der Waals surface area contributed by atoms with Crippen molar-refractivity contribution in [1.82, 2.24) is 26.2 Å². The number of rotatable bonds is 32. The maximum Gasteiger partial charge on any atom is 0.221 e. The number of carbonyl (C=O) groups is 4. The Morgan fingerprint density at radius 1 is 0.609 bits per heavy atom. The summed E-state index contributed by atoms with van der Waals surface area (Å²) in [7, 11) is 1.61. The van der Waals surface area contributed by atoms with Gasteiger partial charge in [0.2, 0.25) is 23.6 Å². The van der Waals surface area contributed by atoms with Crippen LogP contribution < -0.4 is 21.3 Å². The molecule has 0 aromatic carbocycles. The van der Waals surface area contributed by atoms with Gasteiger partial charge >= 0.3 is 0 Å². The van der Waals surface area contributed by atoms with Crippen molar-refractivity contribution in [3.8, 4) is 0 Å². The highest BCUT2D eigenvalue weighted by Gasteiger charge is 2.12. The molecule has 0 fully saturated rings. The second kappa shape index (κ2) is 32.4. The number of hydrogen-bond donors (Lipinski definition) is 7. The molecule has 0 radical (unpaired) electrons. The van der Waals surface area contributed by atoms with Crippen LogP contribution in [0.4, 0.5) is 0 Å². The summed E-state index contributed by atoms with van der Waals surface area (Å²) < 4.78 is 10.6. The Balaban J connectivity index is 4.22. The Hall–Kier alpha value is -1.19. The van der Waals surface area contributed by atoms with Gasteiger partial charge in [0.1, 0.15) is 0 Å². The molecular formula is C32H63N5O6S3. The van der Waals surface area contributed by atoms with Crippen molar-refractivity contribution in [3.05, 3.63) is 0 Å². The van der Waals surface area contributed by atoms with Gasteiger partial charge in [-0.05, 0) is 44.3 Å². The predicted molar refractivity (Wildman–Crippen MR) is 196 cm³/mol. The first-order valence-electron chi connectivity index (χ1n) is 17.0. The van der Waals surface area contributed by atoms with Crippen molar-refractivity contribution in [2.75, 3.05) is 78.5 Å². The van der Waals surface area contributed by atoms with Crippen LogP contribution in [-0.4, -0.2) is 118 Å². The van der Waals surface area contributed by atoms with Crippen LogP contribution in [0.5, 0.6) is 0 Å². The third kappa shape index (κ3) is 30.2. The van der Waals surface area contributed by atoms with E-state index in [4.69, 9.17) is 9.47 Å². The molecular weight excluding hydrogens is 647 g/mol. The molecule has 0 aromatic rings. The smallest absolute Gasteiger partial charge is 0.221 e. The molecule has 0 aliphatic rings. The van der Waals surface area contributed by atoms with E-state index in [1.807, 2.05) is 4.90 Å². The summed E-state index contributed by atoms with van der Waals surface area (Å²) in [5, 5.41) is 12.1. The van der Waals surface area contributed by atoms with Crippen LogP contribution in [0.2, 0.25) is 0 Å². The van der Waals surface area contributed by atoms with Crippen molar-refractivity contribution in [2.45, 2.75) is 101 Å². The van der Waals surface area contributed by atoms with E-state index in [9.17, 15) is 19.2 Å². The zero-order valence-electron chi connectivity index (χ0n) is 28.4. The molecule has 2 atom stereocenters. The van der Waals surface area contributed by atoms with Crippen molar-refractivity contribution in [1.29, 1.82) is 0 Å². The normalized spacial score (nSPS) is 12.5. The maximum atomic E-state index is 12.4. The number of nitrogens with one attached hydrogen (secondary N) is 4. The summed E-state index contributed by atoms with van der Waals surface area (Å²) in [4.78, 5) is 50.9. The summed E-state index contributed by atoms with van der Waals surface area (Å²) in [5.74, 6) is 0.576. The number of unbranched alkanes of at least 4 members (excludes halogenated alkanes) is 2. The largest absolute Gasteiger partial charge is 0.382 e. The van der Waals surface area contributed by atoms with Crippen LogP contribution in [-0.2, 0) is 28.7 Å². The minimum atomic E-state index is -0.116. The second-order valence-corrected chi connectivity index (χ2v) is 13.4. The third-order valence-electron chi connectivity index (χ3n) is 7.30. The summed E-state index contributed by atoms with van der Waals surface area (Å²) in [5.41, 5.74) is 0. The lowest BCUT2D eigenvalue weighted by Gasteiger charge is -2.22. The lowest BCUT2D eigenvalue weighted by atomic mass is 10.1. The summed E-state index contributed by atoms with van der Waals surface area (Å²) in [6, 6.07) is 0. The van der Waals surface area contributed by atoms with Gasteiger partial charge in [0.05, 0.1) is 19.8 Å². The second-order valence-electron chi connectivity index (χ2n) is 11.4. The highest BCUT2D eigenvalue weighted by atomic mass is 32.1. The van der Waals surface area contributed by atoms with E-state index in [0.717, 1.165) is 63.5 Å². The molecule has 0 rings (SSSR count). The molecule has 14 heteroatoms. The van der Waals surface area contributed by atoms with Crippen molar-refractivity contribution < 1.29 is 28.7 Å². The average Bonchev–Trinajstić information content (AvgIpc) is 3.02. The molecule has 0 heterocycles. The molecule has 0 aromatic heterocycles. The zero-order chi connectivity index (χ0) is 34.3. The lowest BCUT2D eigenvalue weighted by Crippen LogP contribution is -2.39. The summed E-state index contributed by atoms with van der Waals surface area (Å²) >= 11 is 13.3. The van der Waals surface area contributed by atoms with E-state index >= 15 is 0 Å². The number of thiol groups is 3. The Bertz CT molecular complexity index is 743. The quantitative estimate of drug-likeness (QED) is 0.0422. The van der Waals surface area contributed by atoms with Crippen molar-refractivity contribution >= 4 is 61.5 Å². The Labute approximate surface area is 294 Å². The van der Waals surface area contributed by atoms with Crippen LogP contribution in [0, 0.1) is 0 Å². The molecule has 2 unspecified atom stereocenters. The Kier molecular flexibility index (Phi) is 31.5. The van der Waals surface area contributed by atoms with Gasteiger partial charge in [-0.25, -0.2) is 0 Å². The topological polar surface area (TPSA) is 138 Å². The molecule has 0 spiro atoms. The van der Waals surface area contributed by atoms with Crippen LogP contribution in [0.3, 0.4) is 0 Å². The Morgan fingerprint density at radius 2 is 1.07 bits per heavy atom. The van der Waals surface area contributed by atoms with Gasteiger partial charge in [0, 0.05) is 89.1 Å². The Morgan fingerprint density at radius 3 is 1.50 bits per heavy atom. The van der Waals surface area contributed by atoms with Gasteiger partial charge in [-0.2, -0.15) is 37.9 Å². The van der Waals surface area contributed by atoms with Crippen LogP contribution in [0.1, 0.15) is 90.4 Å². The van der Waals surface area contributed by atoms with E-state index in [0.29, 0.717) is 89.0 Å². The highest BCUT2D eigenvalue weighted by molar-refractivity contribution is 7.81. The van der Waals surface area contributed by atoms with E-state index in [1.54, 1.807) is 7.11 Å². The molecule has 0 saturated heterocycles.